The molecule has 0 fully saturated rings. The Labute approximate surface area is 301 Å². The average Bonchev–Trinajstić information content (AvgIpc) is 3.90. The fourth-order valence-corrected chi connectivity index (χ4v) is 7.43. The molecule has 0 aliphatic heterocycles. The molecule has 5 aromatic heterocycles. The topological polar surface area (TPSA) is 48.3 Å². The molecule has 0 aliphatic rings. The third kappa shape index (κ3) is 4.42. The fraction of sp³-hybridized carbons (Fsp3) is 0.0455. The van der Waals surface area contributed by atoms with Gasteiger partial charge in [0.15, 0.2) is 11.2 Å². The van der Waals surface area contributed by atoms with Crippen LogP contribution in [0.25, 0.3) is 93.7 Å². The molecule has 11 rings (SSSR count). The Morgan fingerprint density at radius 2 is 1.22 bits per heavy atom. The molecule has 0 amide bonds. The number of pyridine rings is 1. The van der Waals surface area contributed by atoms with Crippen molar-refractivity contribution in [2.45, 2.75) is 6.92 Å². The maximum Gasteiger partial charge on any atom is 0.160 e. The Hall–Kier alpha value is -5.81. The number of aromatic nitrogens is 4. The van der Waals surface area contributed by atoms with Crippen molar-refractivity contribution in [3.63, 3.8) is 0 Å². The normalized spacial score (nSPS) is 11.6. The molecule has 0 saturated heterocycles. The molecule has 1 radical (unpaired) electrons. The molecule has 0 spiro atoms. The largest absolute Gasteiger partial charge is 0.452 e. The van der Waals surface area contributed by atoms with Crippen LogP contribution >= 0.6 is 0 Å². The van der Waals surface area contributed by atoms with E-state index in [1.807, 2.05) is 67.7 Å². The van der Waals surface area contributed by atoms with Gasteiger partial charge in [0.1, 0.15) is 5.52 Å². The van der Waals surface area contributed by atoms with Crippen molar-refractivity contribution >= 4 is 71.1 Å². The second kappa shape index (κ2) is 11.7. The molecule has 5 nitrogen and oxygen atoms in total. The van der Waals surface area contributed by atoms with E-state index in [1.54, 1.807) is 0 Å². The Bertz CT molecular complexity index is 2990. The Kier molecular flexibility index (Phi) is 7.06. The predicted molar refractivity (Wildman–Crippen MR) is 200 cm³/mol. The molecule has 6 aromatic carbocycles. The first-order valence-electron chi connectivity index (χ1n) is 16.4. The van der Waals surface area contributed by atoms with Gasteiger partial charge in [-0.25, -0.2) is 0 Å². The standard InChI is InChI=1S/C32H18N3O.C12H10N.Ir/c1-34-29-25(33-32(34)18-8-3-2-4-9-18)17-16-24-23-15-14-22-21-12-7-11-20-19-10-5-6-13-26(19)35(27(20)21)28(22)30(23)36-31(24)29;1-10-7-8-12(13-9-10)11-5-3-2-4-6-11;/h2-8,10-17H,1H3;2-5,7-9H,1H3;/q2*-1;. The number of benzene rings is 6. The number of imidazole rings is 1. The maximum absolute atomic E-state index is 6.83. The van der Waals surface area contributed by atoms with Gasteiger partial charge in [-0.1, -0.05) is 54.6 Å². The first kappa shape index (κ1) is 30.3. The van der Waals surface area contributed by atoms with Crippen LogP contribution in [0.3, 0.4) is 0 Å². The molecule has 5 heterocycles. The number of hydrogen-bond donors (Lipinski definition) is 0. The molecule has 6 heteroatoms. The third-order valence-corrected chi connectivity index (χ3v) is 9.67. The predicted octanol–water partition coefficient (Wildman–Crippen LogP) is 10.9. The summed E-state index contributed by atoms with van der Waals surface area (Å²) >= 11 is 0. The second-order valence-corrected chi connectivity index (χ2v) is 12.6. The van der Waals surface area contributed by atoms with Crippen molar-refractivity contribution < 1.29 is 24.5 Å². The first-order valence-corrected chi connectivity index (χ1v) is 16.4. The van der Waals surface area contributed by atoms with Crippen molar-refractivity contribution in [3.8, 4) is 22.6 Å². The van der Waals surface area contributed by atoms with Gasteiger partial charge in [0.2, 0.25) is 0 Å². The van der Waals surface area contributed by atoms with Crippen molar-refractivity contribution in [2.24, 2.45) is 7.05 Å². The molecule has 0 N–H and O–H groups in total. The number of rotatable bonds is 2. The molecule has 0 saturated carbocycles. The zero-order valence-corrected chi connectivity index (χ0v) is 29.6. The molecule has 0 bridgehead atoms. The van der Waals surface area contributed by atoms with Gasteiger partial charge >= 0.3 is 0 Å². The van der Waals surface area contributed by atoms with Crippen molar-refractivity contribution in [3.05, 3.63) is 151 Å². The summed E-state index contributed by atoms with van der Waals surface area (Å²) in [6.45, 7) is 2.03. The molecule has 50 heavy (non-hydrogen) atoms. The maximum atomic E-state index is 6.83. The van der Waals surface area contributed by atoms with Crippen LogP contribution in [0.4, 0.5) is 0 Å². The Morgan fingerprint density at radius 1 is 0.580 bits per heavy atom. The van der Waals surface area contributed by atoms with Crippen molar-refractivity contribution in [2.75, 3.05) is 0 Å². The van der Waals surface area contributed by atoms with E-state index in [1.165, 1.54) is 38.1 Å². The minimum Gasteiger partial charge on any atom is -0.452 e. The minimum atomic E-state index is 0. The number of nitrogens with zero attached hydrogens (tertiary/aromatic N) is 4. The molecule has 11 aromatic rings. The number of aryl methyl sites for hydroxylation is 2. The Morgan fingerprint density at radius 3 is 1.96 bits per heavy atom. The Balaban J connectivity index is 0.000000204. The van der Waals surface area contributed by atoms with Crippen molar-refractivity contribution in [1.29, 1.82) is 0 Å². The molecular formula is C44H28IrN4O-2. The zero-order valence-electron chi connectivity index (χ0n) is 27.2. The van der Waals surface area contributed by atoms with Crippen LogP contribution in [0.2, 0.25) is 0 Å². The van der Waals surface area contributed by atoms with E-state index in [0.29, 0.717) is 0 Å². The van der Waals surface area contributed by atoms with Crippen LogP contribution in [0.5, 0.6) is 0 Å². The van der Waals surface area contributed by atoms with Crippen LogP contribution in [-0.4, -0.2) is 18.9 Å². The summed E-state index contributed by atoms with van der Waals surface area (Å²) in [5, 5.41) is 7.25. The summed E-state index contributed by atoms with van der Waals surface area (Å²) in [5.74, 6) is 0.884. The van der Waals surface area contributed by atoms with E-state index in [4.69, 9.17) is 9.40 Å². The molecule has 241 valence electrons. The smallest absolute Gasteiger partial charge is 0.160 e. The van der Waals surface area contributed by atoms with Gasteiger partial charge in [-0.2, -0.15) is 0 Å². The molecule has 0 unspecified atom stereocenters. The van der Waals surface area contributed by atoms with Gasteiger partial charge in [0.25, 0.3) is 0 Å². The van der Waals surface area contributed by atoms with Gasteiger partial charge in [0, 0.05) is 65.7 Å². The van der Waals surface area contributed by atoms with Gasteiger partial charge in [-0.3, -0.25) is 4.98 Å². The molecular weight excluding hydrogens is 793 g/mol. The van der Waals surface area contributed by atoms with Crippen LogP contribution < -0.4 is 0 Å². The van der Waals surface area contributed by atoms with Gasteiger partial charge < -0.3 is 18.4 Å². The molecule has 0 atom stereocenters. The van der Waals surface area contributed by atoms with Gasteiger partial charge in [-0.05, 0) is 42.4 Å². The van der Waals surface area contributed by atoms with E-state index >= 15 is 0 Å². The summed E-state index contributed by atoms with van der Waals surface area (Å²) < 4.78 is 11.4. The van der Waals surface area contributed by atoms with Crippen LogP contribution in [0.15, 0.2) is 138 Å². The second-order valence-electron chi connectivity index (χ2n) is 12.6. The van der Waals surface area contributed by atoms with Gasteiger partial charge in [0.05, 0.1) is 27.9 Å². The van der Waals surface area contributed by atoms with Crippen LogP contribution in [-0.2, 0) is 27.2 Å². The summed E-state index contributed by atoms with van der Waals surface area (Å²) in [6, 6.07) is 50.3. The van der Waals surface area contributed by atoms with E-state index in [9.17, 15) is 0 Å². The quantitative estimate of drug-likeness (QED) is 0.163. The molecule has 0 aliphatic carbocycles. The number of hydrogen-bond acceptors (Lipinski definition) is 3. The fourth-order valence-electron chi connectivity index (χ4n) is 7.43. The number of furan rings is 1. The average molecular weight is 821 g/mol. The summed E-state index contributed by atoms with van der Waals surface area (Å²) in [5.41, 5.74) is 11.5. The SMILES string of the molecule is Cc1ccc(-c2[c-]cccc2)nc1.Cn1c(-c2[c-]cccc2)nc2ccc3c4ccc5c6cccc7c8ccccc8n(c76)c5c4oc3c21.[Ir]. The van der Waals surface area contributed by atoms with E-state index in [-0.39, 0.29) is 20.1 Å². The summed E-state index contributed by atoms with van der Waals surface area (Å²) in [7, 11) is 2.06. The summed E-state index contributed by atoms with van der Waals surface area (Å²) in [6.07, 6.45) is 1.87. The monoisotopic (exact) mass is 821 g/mol. The third-order valence-electron chi connectivity index (χ3n) is 9.67. The van der Waals surface area contributed by atoms with Crippen LogP contribution in [0.1, 0.15) is 5.56 Å². The number of fused-ring (bicyclic) bond motifs is 12. The number of para-hydroxylation sites is 2. The van der Waals surface area contributed by atoms with Gasteiger partial charge in [-0.15, -0.1) is 71.8 Å². The van der Waals surface area contributed by atoms with E-state index in [2.05, 4.69) is 106 Å². The van der Waals surface area contributed by atoms with Crippen molar-refractivity contribution in [1.82, 2.24) is 18.9 Å². The van der Waals surface area contributed by atoms with E-state index < -0.39 is 0 Å². The van der Waals surface area contributed by atoms with E-state index in [0.717, 1.165) is 61.1 Å². The summed E-state index contributed by atoms with van der Waals surface area (Å²) in [4.78, 5) is 9.26. The first-order chi connectivity index (χ1) is 24.2. The van der Waals surface area contributed by atoms with Crippen LogP contribution in [0, 0.1) is 19.1 Å². The minimum absolute atomic E-state index is 0. The zero-order chi connectivity index (χ0) is 32.6.